The van der Waals surface area contributed by atoms with Gasteiger partial charge in [0, 0.05) is 6.04 Å². The average molecular weight is 240 g/mol. The third-order valence-corrected chi connectivity index (χ3v) is 3.59. The van der Waals surface area contributed by atoms with Crippen molar-refractivity contribution in [1.82, 2.24) is 10.6 Å². The number of aliphatic carboxylic acids is 1. The summed E-state index contributed by atoms with van der Waals surface area (Å²) in [7, 11) is 0. The second kappa shape index (κ2) is 4.94. The Labute approximate surface area is 101 Å². The smallest absolute Gasteiger partial charge is 0.315 e. The lowest BCUT2D eigenvalue weighted by Gasteiger charge is -2.36. The van der Waals surface area contributed by atoms with Crippen LogP contribution in [0.2, 0.25) is 0 Å². The summed E-state index contributed by atoms with van der Waals surface area (Å²) in [6.07, 6.45) is 6.79. The van der Waals surface area contributed by atoms with E-state index < -0.39 is 11.5 Å². The molecule has 0 unspecified atom stereocenters. The summed E-state index contributed by atoms with van der Waals surface area (Å²) in [4.78, 5) is 22.7. The van der Waals surface area contributed by atoms with Crippen molar-refractivity contribution in [3.05, 3.63) is 0 Å². The zero-order valence-corrected chi connectivity index (χ0v) is 10.00. The number of hydrogen-bond acceptors (Lipinski definition) is 2. The first-order chi connectivity index (χ1) is 8.10. The quantitative estimate of drug-likeness (QED) is 0.698. The molecule has 3 N–H and O–H groups in total. The molecule has 0 radical (unpaired) electrons. The van der Waals surface area contributed by atoms with Gasteiger partial charge >= 0.3 is 12.0 Å². The molecule has 96 valence electrons. The summed E-state index contributed by atoms with van der Waals surface area (Å²) >= 11 is 0. The number of hydrogen-bond donors (Lipinski definition) is 3. The molecule has 2 saturated carbocycles. The normalized spacial score (nSPS) is 22.8. The van der Waals surface area contributed by atoms with Crippen molar-refractivity contribution in [1.29, 1.82) is 0 Å². The summed E-state index contributed by atoms with van der Waals surface area (Å²) in [5, 5.41) is 14.7. The highest BCUT2D eigenvalue weighted by Crippen LogP contribution is 2.31. The SMILES string of the molecule is O=C(O)CC1(NC(=O)NC2CC2)CCCCC1. The Morgan fingerprint density at radius 3 is 2.35 bits per heavy atom. The Kier molecular flexibility index (Phi) is 3.54. The van der Waals surface area contributed by atoms with Gasteiger partial charge in [0.25, 0.3) is 0 Å². The van der Waals surface area contributed by atoms with E-state index in [1.54, 1.807) is 0 Å². The number of carbonyl (C=O) groups excluding carboxylic acids is 1. The van der Waals surface area contributed by atoms with E-state index in [1.165, 1.54) is 0 Å². The topological polar surface area (TPSA) is 78.4 Å². The number of carboxylic acids is 1. The molecule has 5 nitrogen and oxygen atoms in total. The lowest BCUT2D eigenvalue weighted by atomic mass is 9.79. The van der Waals surface area contributed by atoms with Gasteiger partial charge in [-0.3, -0.25) is 4.79 Å². The van der Waals surface area contributed by atoms with E-state index in [-0.39, 0.29) is 12.5 Å². The molecular formula is C12H20N2O3. The minimum atomic E-state index is -0.835. The lowest BCUT2D eigenvalue weighted by Crippen LogP contribution is -2.54. The fraction of sp³-hybridized carbons (Fsp3) is 0.833. The van der Waals surface area contributed by atoms with Crippen molar-refractivity contribution < 1.29 is 14.7 Å². The molecule has 0 aromatic rings. The molecule has 0 heterocycles. The molecule has 0 aromatic carbocycles. The highest BCUT2D eigenvalue weighted by atomic mass is 16.4. The van der Waals surface area contributed by atoms with Gasteiger partial charge in [0.1, 0.15) is 0 Å². The molecule has 2 aliphatic carbocycles. The molecule has 0 saturated heterocycles. The van der Waals surface area contributed by atoms with Gasteiger partial charge in [0.15, 0.2) is 0 Å². The molecular weight excluding hydrogens is 220 g/mol. The van der Waals surface area contributed by atoms with Gasteiger partial charge in [-0.2, -0.15) is 0 Å². The van der Waals surface area contributed by atoms with Crippen molar-refractivity contribution in [3.63, 3.8) is 0 Å². The van der Waals surface area contributed by atoms with E-state index in [2.05, 4.69) is 10.6 Å². The molecule has 0 aliphatic heterocycles. The van der Waals surface area contributed by atoms with Crippen molar-refractivity contribution in [2.24, 2.45) is 0 Å². The summed E-state index contributed by atoms with van der Waals surface area (Å²) < 4.78 is 0. The number of amides is 2. The number of urea groups is 1. The minimum Gasteiger partial charge on any atom is -0.481 e. The van der Waals surface area contributed by atoms with Crippen molar-refractivity contribution in [2.45, 2.75) is 62.9 Å². The molecule has 2 rings (SSSR count). The molecule has 5 heteroatoms. The van der Waals surface area contributed by atoms with Crippen LogP contribution < -0.4 is 10.6 Å². The fourth-order valence-corrected chi connectivity index (χ4v) is 2.55. The van der Waals surface area contributed by atoms with Gasteiger partial charge in [-0.15, -0.1) is 0 Å². The van der Waals surface area contributed by atoms with Crippen LogP contribution in [0.15, 0.2) is 0 Å². The van der Waals surface area contributed by atoms with Crippen LogP contribution in [0, 0.1) is 0 Å². The summed E-state index contributed by atoms with van der Waals surface area (Å²) in [5.74, 6) is -0.835. The van der Waals surface area contributed by atoms with Crippen LogP contribution in [0.25, 0.3) is 0 Å². The molecule has 2 amide bonds. The zero-order chi connectivity index (χ0) is 12.3. The Morgan fingerprint density at radius 2 is 1.82 bits per heavy atom. The molecule has 2 fully saturated rings. The second-order valence-electron chi connectivity index (χ2n) is 5.28. The van der Waals surface area contributed by atoms with Crippen LogP contribution in [0.1, 0.15) is 51.4 Å². The van der Waals surface area contributed by atoms with E-state index in [1.807, 2.05) is 0 Å². The maximum absolute atomic E-state index is 11.7. The van der Waals surface area contributed by atoms with Crippen LogP contribution in [-0.4, -0.2) is 28.7 Å². The standard InChI is InChI=1S/C12H20N2O3/c15-10(16)8-12(6-2-1-3-7-12)14-11(17)13-9-4-5-9/h9H,1-8H2,(H,15,16)(H2,13,14,17). The van der Waals surface area contributed by atoms with E-state index in [9.17, 15) is 9.59 Å². The third kappa shape index (κ3) is 3.61. The van der Waals surface area contributed by atoms with Gasteiger partial charge in [0.05, 0.1) is 12.0 Å². The molecule has 2 aliphatic rings. The van der Waals surface area contributed by atoms with Crippen molar-refractivity contribution in [2.75, 3.05) is 0 Å². The van der Waals surface area contributed by atoms with E-state index >= 15 is 0 Å². The van der Waals surface area contributed by atoms with E-state index in [4.69, 9.17) is 5.11 Å². The lowest BCUT2D eigenvalue weighted by molar-refractivity contribution is -0.139. The maximum Gasteiger partial charge on any atom is 0.315 e. The van der Waals surface area contributed by atoms with Crippen molar-refractivity contribution >= 4 is 12.0 Å². The van der Waals surface area contributed by atoms with Gasteiger partial charge in [0.2, 0.25) is 0 Å². The Hall–Kier alpha value is -1.26. The third-order valence-electron chi connectivity index (χ3n) is 3.59. The zero-order valence-electron chi connectivity index (χ0n) is 10.00. The second-order valence-corrected chi connectivity index (χ2v) is 5.28. The summed E-state index contributed by atoms with van der Waals surface area (Å²) in [5.41, 5.74) is -0.525. The first-order valence-corrected chi connectivity index (χ1v) is 6.40. The molecule has 0 bridgehead atoms. The monoisotopic (exact) mass is 240 g/mol. The Bertz CT molecular complexity index is 307. The largest absolute Gasteiger partial charge is 0.481 e. The Morgan fingerprint density at radius 1 is 1.18 bits per heavy atom. The number of carbonyl (C=O) groups is 2. The first kappa shape index (κ1) is 12.2. The summed E-state index contributed by atoms with van der Waals surface area (Å²) in [6, 6.07) is 0.108. The Balaban J connectivity index is 1.93. The van der Waals surface area contributed by atoms with Gasteiger partial charge in [-0.1, -0.05) is 19.3 Å². The predicted molar refractivity (Wildman–Crippen MR) is 62.8 cm³/mol. The van der Waals surface area contributed by atoms with E-state index in [0.717, 1.165) is 44.9 Å². The first-order valence-electron chi connectivity index (χ1n) is 6.40. The summed E-state index contributed by atoms with van der Waals surface area (Å²) in [6.45, 7) is 0. The molecule has 0 aromatic heterocycles. The fourth-order valence-electron chi connectivity index (χ4n) is 2.55. The number of carboxylic acid groups (broad SMARTS) is 1. The number of nitrogens with one attached hydrogen (secondary N) is 2. The maximum atomic E-state index is 11.7. The van der Waals surface area contributed by atoms with Gasteiger partial charge in [-0.05, 0) is 25.7 Å². The minimum absolute atomic E-state index is 0.0328. The van der Waals surface area contributed by atoms with Crippen LogP contribution >= 0.6 is 0 Å². The van der Waals surface area contributed by atoms with Crippen LogP contribution in [0.4, 0.5) is 4.79 Å². The van der Waals surface area contributed by atoms with Gasteiger partial charge in [-0.25, -0.2) is 4.79 Å². The highest BCUT2D eigenvalue weighted by Gasteiger charge is 2.36. The van der Waals surface area contributed by atoms with E-state index in [0.29, 0.717) is 6.04 Å². The van der Waals surface area contributed by atoms with Crippen LogP contribution in [-0.2, 0) is 4.79 Å². The average Bonchev–Trinajstić information content (AvgIpc) is 3.01. The van der Waals surface area contributed by atoms with Gasteiger partial charge < -0.3 is 15.7 Å². The van der Waals surface area contributed by atoms with Crippen LogP contribution in [0.5, 0.6) is 0 Å². The molecule has 0 atom stereocenters. The predicted octanol–water partition coefficient (Wildman–Crippen LogP) is 1.63. The highest BCUT2D eigenvalue weighted by molar-refractivity contribution is 5.77. The van der Waals surface area contributed by atoms with Crippen molar-refractivity contribution in [3.8, 4) is 0 Å². The van der Waals surface area contributed by atoms with Crippen LogP contribution in [0.3, 0.4) is 0 Å². The molecule has 17 heavy (non-hydrogen) atoms. The number of rotatable bonds is 4. The molecule has 0 spiro atoms.